The van der Waals surface area contributed by atoms with Gasteiger partial charge in [0, 0.05) is 17.1 Å². The van der Waals surface area contributed by atoms with Gasteiger partial charge >= 0.3 is 0 Å². The van der Waals surface area contributed by atoms with Crippen molar-refractivity contribution >= 4 is 11.6 Å². The molecule has 0 aliphatic rings. The molecule has 2 aromatic carbocycles. The minimum absolute atomic E-state index is 0.233. The summed E-state index contributed by atoms with van der Waals surface area (Å²) >= 11 is 6.23. The van der Waals surface area contributed by atoms with Gasteiger partial charge in [0.2, 0.25) is 0 Å². The molecule has 0 radical (unpaired) electrons. The van der Waals surface area contributed by atoms with Gasteiger partial charge < -0.3 is 10.5 Å². The lowest BCUT2D eigenvalue weighted by molar-refractivity contribution is 0.211. The van der Waals surface area contributed by atoms with Gasteiger partial charge in [0.15, 0.2) is 0 Å². The number of para-hydroxylation sites is 1. The Kier molecular flexibility index (Phi) is 5.05. The number of benzene rings is 2. The summed E-state index contributed by atoms with van der Waals surface area (Å²) in [6.45, 7) is 4.68. The van der Waals surface area contributed by atoms with Crippen LogP contribution in [-0.4, -0.2) is 6.54 Å². The maximum atomic E-state index is 6.23. The summed E-state index contributed by atoms with van der Waals surface area (Å²) in [5.74, 6) is 1.27. The molecule has 1 unspecified atom stereocenters. The fourth-order valence-corrected chi connectivity index (χ4v) is 2.45. The van der Waals surface area contributed by atoms with E-state index in [1.54, 1.807) is 0 Å². The Morgan fingerprint density at radius 2 is 1.60 bits per heavy atom. The Hall–Kier alpha value is -1.51. The van der Waals surface area contributed by atoms with Crippen molar-refractivity contribution in [1.82, 2.24) is 0 Å². The zero-order chi connectivity index (χ0) is 14.5. The second-order valence-corrected chi connectivity index (χ2v) is 5.46. The van der Waals surface area contributed by atoms with E-state index in [0.29, 0.717) is 17.5 Å². The van der Waals surface area contributed by atoms with Gasteiger partial charge in [-0.05, 0) is 23.6 Å². The van der Waals surface area contributed by atoms with Crippen molar-refractivity contribution in [1.29, 1.82) is 0 Å². The van der Waals surface area contributed by atoms with Gasteiger partial charge in [-0.3, -0.25) is 0 Å². The molecular formula is C17H20ClNO. The van der Waals surface area contributed by atoms with Crippen molar-refractivity contribution in [3.8, 4) is 5.75 Å². The molecule has 0 heterocycles. The van der Waals surface area contributed by atoms with Gasteiger partial charge in [-0.25, -0.2) is 0 Å². The number of rotatable bonds is 5. The highest BCUT2D eigenvalue weighted by Crippen LogP contribution is 2.31. The van der Waals surface area contributed by atoms with E-state index in [0.717, 1.165) is 11.3 Å². The summed E-state index contributed by atoms with van der Waals surface area (Å²) in [4.78, 5) is 0. The van der Waals surface area contributed by atoms with Crippen LogP contribution in [0, 0.1) is 0 Å². The van der Waals surface area contributed by atoms with Crippen LogP contribution in [-0.2, 0) is 0 Å². The minimum atomic E-state index is -0.233. The van der Waals surface area contributed by atoms with Crippen LogP contribution < -0.4 is 10.5 Å². The van der Waals surface area contributed by atoms with Gasteiger partial charge in [0.25, 0.3) is 0 Å². The lowest BCUT2D eigenvalue weighted by Gasteiger charge is -2.22. The predicted molar refractivity (Wildman–Crippen MR) is 84.4 cm³/mol. The molecule has 2 rings (SSSR count). The molecule has 0 aliphatic heterocycles. The van der Waals surface area contributed by atoms with Crippen molar-refractivity contribution in [3.05, 3.63) is 64.7 Å². The lowest BCUT2D eigenvalue weighted by Crippen LogP contribution is -2.19. The van der Waals surface area contributed by atoms with Gasteiger partial charge in [-0.1, -0.05) is 61.8 Å². The van der Waals surface area contributed by atoms with Crippen molar-refractivity contribution in [2.75, 3.05) is 6.54 Å². The molecule has 2 aromatic rings. The fraction of sp³-hybridized carbons (Fsp3) is 0.294. The first-order valence-corrected chi connectivity index (χ1v) is 7.21. The molecule has 0 aromatic heterocycles. The summed E-state index contributed by atoms with van der Waals surface area (Å²) < 4.78 is 6.11. The highest BCUT2D eigenvalue weighted by atomic mass is 35.5. The van der Waals surface area contributed by atoms with Crippen molar-refractivity contribution in [2.24, 2.45) is 5.73 Å². The summed E-state index contributed by atoms with van der Waals surface area (Å²) in [5.41, 5.74) is 7.97. The Morgan fingerprint density at radius 1 is 1.00 bits per heavy atom. The van der Waals surface area contributed by atoms with E-state index in [4.69, 9.17) is 22.1 Å². The molecule has 0 saturated heterocycles. The number of halogens is 1. The maximum absolute atomic E-state index is 6.23. The average Bonchev–Trinajstić information content (AvgIpc) is 2.46. The molecule has 20 heavy (non-hydrogen) atoms. The Labute approximate surface area is 125 Å². The molecule has 0 amide bonds. The number of nitrogens with two attached hydrogens (primary N) is 1. The predicted octanol–water partition coefficient (Wildman–Crippen LogP) is 4.54. The minimum Gasteiger partial charge on any atom is -0.484 e. The zero-order valence-corrected chi connectivity index (χ0v) is 12.6. The van der Waals surface area contributed by atoms with E-state index in [2.05, 4.69) is 19.9 Å². The van der Waals surface area contributed by atoms with Gasteiger partial charge in [0.1, 0.15) is 11.9 Å². The van der Waals surface area contributed by atoms with Crippen LogP contribution in [0.1, 0.15) is 37.0 Å². The second-order valence-electron chi connectivity index (χ2n) is 5.06. The number of hydrogen-bond acceptors (Lipinski definition) is 2. The van der Waals surface area contributed by atoms with E-state index in [9.17, 15) is 0 Å². The van der Waals surface area contributed by atoms with Gasteiger partial charge in [0.05, 0.1) is 0 Å². The topological polar surface area (TPSA) is 35.2 Å². The third-order valence-electron chi connectivity index (χ3n) is 3.28. The van der Waals surface area contributed by atoms with Crippen molar-refractivity contribution in [3.63, 3.8) is 0 Å². The first-order valence-electron chi connectivity index (χ1n) is 6.83. The van der Waals surface area contributed by atoms with Gasteiger partial charge in [-0.15, -0.1) is 0 Å². The van der Waals surface area contributed by atoms with Crippen LogP contribution >= 0.6 is 11.6 Å². The third-order valence-corrected chi connectivity index (χ3v) is 3.62. The van der Waals surface area contributed by atoms with Crippen LogP contribution in [0.4, 0.5) is 0 Å². The van der Waals surface area contributed by atoms with Crippen LogP contribution in [0.25, 0.3) is 0 Å². The van der Waals surface area contributed by atoms with Crippen LogP contribution in [0.5, 0.6) is 5.75 Å². The second kappa shape index (κ2) is 6.78. The summed E-state index contributed by atoms with van der Waals surface area (Å²) in [6, 6.07) is 15.7. The summed E-state index contributed by atoms with van der Waals surface area (Å²) in [5, 5.41) is 0.685. The first-order chi connectivity index (χ1) is 9.63. The molecule has 0 aliphatic carbocycles. The SMILES string of the molecule is CC(C)c1ccccc1OC(CN)c1ccccc1Cl. The molecule has 0 spiro atoms. The van der Waals surface area contributed by atoms with E-state index >= 15 is 0 Å². The zero-order valence-electron chi connectivity index (χ0n) is 11.8. The summed E-state index contributed by atoms with van der Waals surface area (Å²) in [7, 11) is 0. The highest BCUT2D eigenvalue weighted by Gasteiger charge is 2.17. The van der Waals surface area contributed by atoms with E-state index in [1.165, 1.54) is 5.56 Å². The number of ether oxygens (including phenoxy) is 1. The molecule has 2 N–H and O–H groups in total. The van der Waals surface area contributed by atoms with Crippen LogP contribution in [0.15, 0.2) is 48.5 Å². The molecule has 0 fully saturated rings. The molecule has 106 valence electrons. The highest BCUT2D eigenvalue weighted by molar-refractivity contribution is 6.31. The molecule has 2 nitrogen and oxygen atoms in total. The Morgan fingerprint density at radius 3 is 2.20 bits per heavy atom. The molecule has 1 atom stereocenters. The van der Waals surface area contributed by atoms with Gasteiger partial charge in [-0.2, -0.15) is 0 Å². The van der Waals surface area contributed by atoms with Crippen molar-refractivity contribution < 1.29 is 4.74 Å². The standard InChI is InChI=1S/C17H20ClNO/c1-12(2)13-7-4-6-10-16(13)20-17(11-19)14-8-3-5-9-15(14)18/h3-10,12,17H,11,19H2,1-2H3. The Bertz CT molecular complexity index is 568. The molecular weight excluding hydrogens is 270 g/mol. The average molecular weight is 290 g/mol. The van der Waals surface area contributed by atoms with Crippen molar-refractivity contribution in [2.45, 2.75) is 25.9 Å². The molecule has 0 bridgehead atoms. The molecule has 0 saturated carbocycles. The maximum Gasteiger partial charge on any atom is 0.137 e. The first kappa shape index (κ1) is 14.9. The largest absolute Gasteiger partial charge is 0.484 e. The van der Waals surface area contributed by atoms with E-state index < -0.39 is 0 Å². The van der Waals surface area contributed by atoms with E-state index in [1.807, 2.05) is 42.5 Å². The smallest absolute Gasteiger partial charge is 0.137 e. The van der Waals surface area contributed by atoms with Crippen LogP contribution in [0.2, 0.25) is 5.02 Å². The van der Waals surface area contributed by atoms with E-state index in [-0.39, 0.29) is 6.10 Å². The van der Waals surface area contributed by atoms with Crippen LogP contribution in [0.3, 0.4) is 0 Å². The fourth-order valence-electron chi connectivity index (χ4n) is 2.19. The lowest BCUT2D eigenvalue weighted by atomic mass is 10.0. The quantitative estimate of drug-likeness (QED) is 0.877. The Balaban J connectivity index is 2.30. The normalized spacial score (nSPS) is 12.4. The molecule has 3 heteroatoms. The number of hydrogen-bond donors (Lipinski definition) is 1. The summed E-state index contributed by atoms with van der Waals surface area (Å²) in [6.07, 6.45) is -0.233. The monoisotopic (exact) mass is 289 g/mol. The third kappa shape index (κ3) is 3.33.